The monoisotopic (exact) mass is 368 g/mol. The number of nitrogens with zero attached hydrogens (tertiary/aromatic N) is 2. The smallest absolute Gasteiger partial charge is 0.100 e. The molecule has 0 saturated heterocycles. The lowest BCUT2D eigenvalue weighted by atomic mass is 9.85. The van der Waals surface area contributed by atoms with Crippen LogP contribution in [0.2, 0.25) is 0 Å². The van der Waals surface area contributed by atoms with E-state index in [2.05, 4.69) is 69.9 Å². The number of hydrogen-bond donors (Lipinski definition) is 2. The van der Waals surface area contributed by atoms with Crippen LogP contribution in [0, 0.1) is 13.8 Å². The third-order valence-corrected chi connectivity index (χ3v) is 5.78. The molecule has 0 aliphatic heterocycles. The highest BCUT2D eigenvalue weighted by atomic mass is 15.1. The molecule has 0 radical (unpaired) electrons. The minimum atomic E-state index is 0.362. The molecular formula is C24H24N4. The Hall–Kier alpha value is -3.14. The van der Waals surface area contributed by atoms with Crippen LogP contribution in [-0.4, -0.2) is 15.2 Å². The number of aromatic amines is 1. The van der Waals surface area contributed by atoms with Gasteiger partial charge in [-0.3, -0.25) is 10.1 Å². The molecule has 28 heavy (non-hydrogen) atoms. The van der Waals surface area contributed by atoms with Crippen LogP contribution < -0.4 is 5.32 Å². The van der Waals surface area contributed by atoms with Gasteiger partial charge in [0.15, 0.2) is 0 Å². The molecule has 140 valence electrons. The fourth-order valence-corrected chi connectivity index (χ4v) is 4.46. The van der Waals surface area contributed by atoms with E-state index in [0.29, 0.717) is 6.04 Å². The van der Waals surface area contributed by atoms with Crippen LogP contribution in [0.1, 0.15) is 41.3 Å². The number of H-pyrrole nitrogens is 1. The Kier molecular flexibility index (Phi) is 4.12. The summed E-state index contributed by atoms with van der Waals surface area (Å²) in [6.45, 7) is 4.23. The molecule has 1 aliphatic rings. The number of benzene rings is 2. The van der Waals surface area contributed by atoms with Crippen LogP contribution in [0.3, 0.4) is 0 Å². The first-order valence-corrected chi connectivity index (χ1v) is 9.95. The summed E-state index contributed by atoms with van der Waals surface area (Å²) >= 11 is 0. The second-order valence-corrected chi connectivity index (χ2v) is 7.76. The summed E-state index contributed by atoms with van der Waals surface area (Å²) in [4.78, 5) is 4.30. The average molecular weight is 368 g/mol. The van der Waals surface area contributed by atoms with E-state index in [1.165, 1.54) is 29.5 Å². The summed E-state index contributed by atoms with van der Waals surface area (Å²) in [6.07, 6.45) is 5.41. The van der Waals surface area contributed by atoms with Crippen molar-refractivity contribution in [2.75, 3.05) is 5.32 Å². The summed E-state index contributed by atoms with van der Waals surface area (Å²) in [7, 11) is 0. The van der Waals surface area contributed by atoms with Gasteiger partial charge in [-0.05, 0) is 80.1 Å². The lowest BCUT2D eigenvalue weighted by Crippen LogP contribution is -2.18. The fraction of sp³-hybridized carbons (Fsp3) is 0.250. The Morgan fingerprint density at radius 3 is 2.89 bits per heavy atom. The van der Waals surface area contributed by atoms with Crippen molar-refractivity contribution in [1.82, 2.24) is 15.2 Å². The molecule has 1 atom stereocenters. The summed E-state index contributed by atoms with van der Waals surface area (Å²) in [5.74, 6) is 0. The Morgan fingerprint density at radius 2 is 2.00 bits per heavy atom. The van der Waals surface area contributed by atoms with Crippen molar-refractivity contribution in [2.24, 2.45) is 0 Å². The molecule has 2 aromatic carbocycles. The predicted molar refractivity (Wildman–Crippen MR) is 115 cm³/mol. The summed E-state index contributed by atoms with van der Waals surface area (Å²) < 4.78 is 0. The van der Waals surface area contributed by atoms with E-state index in [-0.39, 0.29) is 0 Å². The molecule has 4 nitrogen and oxygen atoms in total. The number of anilines is 1. The highest BCUT2D eigenvalue weighted by Gasteiger charge is 2.22. The standard InChI is InChI=1S/C24H24N4/c1-15-5-3-6-17-7-4-8-22(23(15)17)26-19-9-10-21-20(14-19)24(28-27-21)18-11-12-25-16(2)13-18/h3,5-6,9-14,22,26H,4,7-8H2,1-2H3,(H,27,28). The molecule has 0 fully saturated rings. The van der Waals surface area contributed by atoms with Gasteiger partial charge in [-0.15, -0.1) is 0 Å². The van der Waals surface area contributed by atoms with Gasteiger partial charge in [0.25, 0.3) is 0 Å². The molecule has 0 saturated carbocycles. The van der Waals surface area contributed by atoms with Crippen molar-refractivity contribution in [3.8, 4) is 11.3 Å². The quantitative estimate of drug-likeness (QED) is 0.485. The topological polar surface area (TPSA) is 53.6 Å². The number of pyridine rings is 1. The van der Waals surface area contributed by atoms with Gasteiger partial charge < -0.3 is 5.32 Å². The highest BCUT2D eigenvalue weighted by Crippen LogP contribution is 2.36. The minimum absolute atomic E-state index is 0.362. The number of nitrogens with one attached hydrogen (secondary N) is 2. The molecule has 4 aromatic rings. The van der Waals surface area contributed by atoms with Gasteiger partial charge in [0.1, 0.15) is 5.69 Å². The van der Waals surface area contributed by atoms with E-state index in [4.69, 9.17) is 0 Å². The molecule has 0 amide bonds. The van der Waals surface area contributed by atoms with Crippen LogP contribution in [0.15, 0.2) is 54.7 Å². The normalized spacial score (nSPS) is 16.1. The van der Waals surface area contributed by atoms with Gasteiger partial charge in [-0.1, -0.05) is 18.2 Å². The minimum Gasteiger partial charge on any atom is -0.378 e. The van der Waals surface area contributed by atoms with E-state index in [0.717, 1.165) is 40.0 Å². The highest BCUT2D eigenvalue weighted by molar-refractivity contribution is 5.94. The summed E-state index contributed by atoms with van der Waals surface area (Å²) in [6, 6.07) is 17.6. The Balaban J connectivity index is 1.53. The molecule has 2 N–H and O–H groups in total. The van der Waals surface area contributed by atoms with Crippen molar-refractivity contribution in [1.29, 1.82) is 0 Å². The third-order valence-electron chi connectivity index (χ3n) is 5.78. The Morgan fingerprint density at radius 1 is 1.07 bits per heavy atom. The number of fused-ring (bicyclic) bond motifs is 2. The lowest BCUT2D eigenvalue weighted by molar-refractivity contribution is 0.597. The SMILES string of the molecule is Cc1cc(-c2n[nH]c3ccc(NC4CCCc5cccc(C)c54)cc23)ccn1. The van der Waals surface area contributed by atoms with Crippen molar-refractivity contribution in [3.63, 3.8) is 0 Å². The summed E-state index contributed by atoms with van der Waals surface area (Å²) in [5, 5.41) is 12.7. The first kappa shape index (κ1) is 17.0. The number of rotatable bonds is 3. The summed E-state index contributed by atoms with van der Waals surface area (Å²) in [5.41, 5.74) is 9.60. The van der Waals surface area contributed by atoms with Gasteiger partial charge in [0.2, 0.25) is 0 Å². The van der Waals surface area contributed by atoms with Crippen molar-refractivity contribution in [2.45, 2.75) is 39.2 Å². The van der Waals surface area contributed by atoms with Crippen LogP contribution >= 0.6 is 0 Å². The van der Waals surface area contributed by atoms with Crippen LogP contribution in [-0.2, 0) is 6.42 Å². The maximum Gasteiger partial charge on any atom is 0.100 e. The van der Waals surface area contributed by atoms with Gasteiger partial charge in [0.05, 0.1) is 11.6 Å². The Bertz CT molecular complexity index is 1160. The predicted octanol–water partition coefficient (Wildman–Crippen LogP) is 5.73. The molecule has 5 rings (SSSR count). The molecule has 2 aromatic heterocycles. The molecule has 4 heteroatoms. The fourth-order valence-electron chi connectivity index (χ4n) is 4.46. The van der Waals surface area contributed by atoms with E-state index < -0.39 is 0 Å². The number of aromatic nitrogens is 3. The van der Waals surface area contributed by atoms with Crippen LogP contribution in [0.5, 0.6) is 0 Å². The number of hydrogen-bond acceptors (Lipinski definition) is 3. The zero-order valence-electron chi connectivity index (χ0n) is 16.3. The maximum atomic E-state index is 4.56. The van der Waals surface area contributed by atoms with E-state index in [9.17, 15) is 0 Å². The number of aryl methyl sites for hydroxylation is 3. The molecule has 0 bridgehead atoms. The van der Waals surface area contributed by atoms with Crippen LogP contribution in [0.25, 0.3) is 22.2 Å². The molecular weight excluding hydrogens is 344 g/mol. The Labute approximate surface area is 165 Å². The zero-order valence-corrected chi connectivity index (χ0v) is 16.3. The maximum absolute atomic E-state index is 4.56. The van der Waals surface area contributed by atoms with Crippen molar-refractivity contribution in [3.05, 3.63) is 77.1 Å². The average Bonchev–Trinajstić information content (AvgIpc) is 3.11. The zero-order chi connectivity index (χ0) is 19.1. The van der Waals surface area contributed by atoms with Gasteiger partial charge >= 0.3 is 0 Å². The molecule has 1 unspecified atom stereocenters. The molecule has 0 spiro atoms. The van der Waals surface area contributed by atoms with Gasteiger partial charge in [0, 0.05) is 28.5 Å². The second kappa shape index (κ2) is 6.79. The van der Waals surface area contributed by atoms with E-state index in [1.54, 1.807) is 0 Å². The molecule has 1 aliphatic carbocycles. The first-order valence-electron chi connectivity index (χ1n) is 9.95. The first-order chi connectivity index (χ1) is 13.7. The van der Waals surface area contributed by atoms with Crippen molar-refractivity contribution < 1.29 is 0 Å². The van der Waals surface area contributed by atoms with Gasteiger partial charge in [-0.2, -0.15) is 5.10 Å². The van der Waals surface area contributed by atoms with E-state index >= 15 is 0 Å². The largest absolute Gasteiger partial charge is 0.378 e. The van der Waals surface area contributed by atoms with Crippen molar-refractivity contribution >= 4 is 16.6 Å². The van der Waals surface area contributed by atoms with E-state index in [1.807, 2.05) is 19.2 Å². The second-order valence-electron chi connectivity index (χ2n) is 7.76. The lowest BCUT2D eigenvalue weighted by Gasteiger charge is -2.29. The van der Waals surface area contributed by atoms with Gasteiger partial charge in [-0.25, -0.2) is 0 Å². The van der Waals surface area contributed by atoms with Crippen LogP contribution in [0.4, 0.5) is 5.69 Å². The third kappa shape index (κ3) is 2.95. The molecule has 2 heterocycles.